The second-order valence-corrected chi connectivity index (χ2v) is 3.41. The second kappa shape index (κ2) is 5.56. The molecule has 102 valence electrons. The molecule has 0 radical (unpaired) electrons. The minimum atomic E-state index is -1.18. The third-order valence-corrected chi connectivity index (χ3v) is 2.05. The van der Waals surface area contributed by atoms with Gasteiger partial charge in [-0.05, 0) is 18.2 Å². The lowest BCUT2D eigenvalue weighted by Crippen LogP contribution is -2.03. The van der Waals surface area contributed by atoms with E-state index in [0.717, 1.165) is 0 Å². The Hall–Kier alpha value is -3.30. The van der Waals surface area contributed by atoms with Gasteiger partial charge in [-0.25, -0.2) is 4.79 Å². The number of nitro groups is 1. The maximum absolute atomic E-state index is 10.5. The van der Waals surface area contributed by atoms with Gasteiger partial charge in [-0.1, -0.05) is 0 Å². The average molecular weight is 277 g/mol. The van der Waals surface area contributed by atoms with Crippen LogP contribution in [0.5, 0.6) is 0 Å². The Labute approximate surface area is 110 Å². The number of hydrogen-bond donors (Lipinski definition) is 2. The fourth-order valence-corrected chi connectivity index (χ4v) is 1.18. The van der Waals surface area contributed by atoms with Crippen molar-refractivity contribution in [2.24, 2.45) is 5.10 Å². The highest BCUT2D eigenvalue weighted by Crippen LogP contribution is 2.13. The number of furan rings is 1. The summed E-state index contributed by atoms with van der Waals surface area (Å²) in [6.45, 7) is 0. The summed E-state index contributed by atoms with van der Waals surface area (Å²) < 4.78 is 4.83. The number of anilines is 1. The summed E-state index contributed by atoms with van der Waals surface area (Å²) in [5, 5.41) is 29.7. The smallest absolute Gasteiger partial charge is 0.433 e. The molecule has 2 aromatic heterocycles. The molecule has 0 amide bonds. The summed E-state index contributed by atoms with van der Waals surface area (Å²) in [4.78, 5) is 20.3. The highest BCUT2D eigenvalue weighted by atomic mass is 16.6. The predicted octanol–water partition coefficient (Wildman–Crippen LogP) is 1.12. The summed E-state index contributed by atoms with van der Waals surface area (Å²) in [7, 11) is 0. The summed E-state index contributed by atoms with van der Waals surface area (Å²) in [5.41, 5.74) is 2.28. The molecule has 0 atom stereocenters. The van der Waals surface area contributed by atoms with Crippen molar-refractivity contribution in [1.82, 2.24) is 10.2 Å². The molecule has 2 heterocycles. The first kappa shape index (κ1) is 13.1. The van der Waals surface area contributed by atoms with Gasteiger partial charge in [0.1, 0.15) is 4.92 Å². The first-order valence-corrected chi connectivity index (χ1v) is 5.16. The normalized spacial score (nSPS) is 10.6. The first-order chi connectivity index (χ1) is 9.56. The molecule has 20 heavy (non-hydrogen) atoms. The van der Waals surface area contributed by atoms with Crippen molar-refractivity contribution >= 4 is 23.9 Å². The number of hydrazone groups is 1. The third-order valence-electron chi connectivity index (χ3n) is 2.05. The minimum absolute atomic E-state index is 0.180. The Morgan fingerprint density at radius 2 is 2.20 bits per heavy atom. The Kier molecular flexibility index (Phi) is 3.65. The van der Waals surface area contributed by atoms with E-state index < -0.39 is 16.8 Å². The number of carboxylic acids is 1. The Bertz CT molecular complexity index is 663. The molecule has 0 fully saturated rings. The average Bonchev–Trinajstić information content (AvgIpc) is 2.88. The monoisotopic (exact) mass is 277 g/mol. The molecule has 0 spiro atoms. The predicted molar refractivity (Wildman–Crippen MR) is 65.6 cm³/mol. The zero-order valence-corrected chi connectivity index (χ0v) is 9.76. The molecule has 0 aliphatic carbocycles. The largest absolute Gasteiger partial charge is 0.476 e. The van der Waals surface area contributed by atoms with Crippen LogP contribution >= 0.6 is 0 Å². The first-order valence-electron chi connectivity index (χ1n) is 5.16. The highest BCUT2D eigenvalue weighted by Gasteiger charge is 2.10. The van der Waals surface area contributed by atoms with Gasteiger partial charge in [-0.2, -0.15) is 5.10 Å². The van der Waals surface area contributed by atoms with Crippen molar-refractivity contribution < 1.29 is 19.2 Å². The van der Waals surface area contributed by atoms with Gasteiger partial charge in [0.2, 0.25) is 0 Å². The minimum Gasteiger partial charge on any atom is -0.476 e. The third kappa shape index (κ3) is 3.13. The lowest BCUT2D eigenvalue weighted by atomic mass is 10.4. The molecule has 0 bridgehead atoms. The van der Waals surface area contributed by atoms with Crippen molar-refractivity contribution in [1.29, 1.82) is 0 Å². The number of aromatic carboxylic acids is 1. The van der Waals surface area contributed by atoms with Crippen molar-refractivity contribution in [3.63, 3.8) is 0 Å². The lowest BCUT2D eigenvalue weighted by molar-refractivity contribution is -0.402. The molecule has 0 unspecified atom stereocenters. The van der Waals surface area contributed by atoms with Gasteiger partial charge in [0.05, 0.1) is 12.3 Å². The Balaban J connectivity index is 1.98. The lowest BCUT2D eigenvalue weighted by Gasteiger charge is -1.97. The Morgan fingerprint density at radius 3 is 2.75 bits per heavy atom. The summed E-state index contributed by atoms with van der Waals surface area (Å²) >= 11 is 0. The van der Waals surface area contributed by atoms with Crippen LogP contribution in [0.4, 0.5) is 11.7 Å². The zero-order valence-electron chi connectivity index (χ0n) is 9.76. The fourth-order valence-electron chi connectivity index (χ4n) is 1.18. The van der Waals surface area contributed by atoms with Gasteiger partial charge in [-0.3, -0.25) is 15.5 Å². The highest BCUT2D eigenvalue weighted by molar-refractivity contribution is 5.85. The number of carboxylic acid groups (broad SMARTS) is 1. The van der Waals surface area contributed by atoms with Gasteiger partial charge in [0, 0.05) is 0 Å². The van der Waals surface area contributed by atoms with Crippen LogP contribution in [0.2, 0.25) is 0 Å². The summed E-state index contributed by atoms with van der Waals surface area (Å²) in [5.74, 6) is -1.18. The van der Waals surface area contributed by atoms with Crippen LogP contribution in [-0.4, -0.2) is 32.4 Å². The van der Waals surface area contributed by atoms with Crippen LogP contribution in [0, 0.1) is 10.1 Å². The van der Waals surface area contributed by atoms with E-state index in [2.05, 4.69) is 20.7 Å². The van der Waals surface area contributed by atoms with Gasteiger partial charge in [0.15, 0.2) is 17.3 Å². The maximum atomic E-state index is 10.5. The quantitative estimate of drug-likeness (QED) is 0.470. The second-order valence-electron chi connectivity index (χ2n) is 3.41. The number of nitrogens with one attached hydrogen (secondary N) is 1. The molecule has 0 aliphatic heterocycles. The molecule has 10 heteroatoms. The van der Waals surface area contributed by atoms with Gasteiger partial charge < -0.3 is 9.52 Å². The molecule has 10 nitrogen and oxygen atoms in total. The van der Waals surface area contributed by atoms with E-state index in [1.165, 1.54) is 30.5 Å². The molecular weight excluding hydrogens is 270 g/mol. The number of carbonyl (C=O) groups is 1. The van der Waals surface area contributed by atoms with Crippen LogP contribution in [0.3, 0.4) is 0 Å². The van der Waals surface area contributed by atoms with Crippen LogP contribution in [0.15, 0.2) is 33.8 Å². The molecule has 0 saturated carbocycles. The van der Waals surface area contributed by atoms with Crippen molar-refractivity contribution in [3.8, 4) is 0 Å². The van der Waals surface area contributed by atoms with Crippen molar-refractivity contribution in [2.45, 2.75) is 0 Å². The van der Waals surface area contributed by atoms with E-state index >= 15 is 0 Å². The topological polar surface area (TPSA) is 144 Å². The van der Waals surface area contributed by atoms with Crippen LogP contribution in [0.25, 0.3) is 0 Å². The van der Waals surface area contributed by atoms with Gasteiger partial charge in [-0.15, -0.1) is 10.2 Å². The van der Waals surface area contributed by atoms with E-state index in [9.17, 15) is 14.9 Å². The van der Waals surface area contributed by atoms with E-state index in [4.69, 9.17) is 9.52 Å². The van der Waals surface area contributed by atoms with Crippen LogP contribution in [0.1, 0.15) is 16.2 Å². The summed E-state index contributed by atoms with van der Waals surface area (Å²) in [6.07, 6.45) is 1.21. The molecule has 0 aromatic carbocycles. The SMILES string of the molecule is O=C(O)c1ccc(NN=Cc2ccc([N+](=O)[O-])o2)nn1. The molecule has 2 rings (SSSR count). The number of nitrogens with zero attached hydrogens (tertiary/aromatic N) is 4. The molecule has 0 saturated heterocycles. The zero-order chi connectivity index (χ0) is 14.5. The fraction of sp³-hybridized carbons (Fsp3) is 0. The molecule has 0 aliphatic rings. The van der Waals surface area contributed by atoms with Crippen LogP contribution in [-0.2, 0) is 0 Å². The van der Waals surface area contributed by atoms with E-state index in [1.807, 2.05) is 0 Å². The number of aromatic nitrogens is 2. The molecular formula is C10H7N5O5. The Morgan fingerprint density at radius 1 is 1.40 bits per heavy atom. The van der Waals surface area contributed by atoms with Crippen molar-refractivity contribution in [2.75, 3.05) is 5.43 Å². The van der Waals surface area contributed by atoms with Crippen molar-refractivity contribution in [3.05, 3.63) is 45.8 Å². The van der Waals surface area contributed by atoms with Crippen LogP contribution < -0.4 is 5.43 Å². The maximum Gasteiger partial charge on any atom is 0.433 e. The summed E-state index contributed by atoms with van der Waals surface area (Å²) in [6, 6.07) is 5.20. The van der Waals surface area contributed by atoms with Gasteiger partial charge >= 0.3 is 11.9 Å². The van der Waals surface area contributed by atoms with Gasteiger partial charge in [0.25, 0.3) is 0 Å². The van der Waals surface area contributed by atoms with E-state index in [-0.39, 0.29) is 17.3 Å². The number of hydrogen-bond acceptors (Lipinski definition) is 8. The van der Waals surface area contributed by atoms with E-state index in [1.54, 1.807) is 0 Å². The molecule has 2 N–H and O–H groups in total. The number of rotatable bonds is 5. The standard InChI is InChI=1S/C10H7N5O5/c16-10(17)7-2-3-8(14-12-7)13-11-5-6-1-4-9(20-6)15(18)19/h1-5H,(H,13,14)(H,16,17). The molecule has 2 aromatic rings. The van der Waals surface area contributed by atoms with E-state index in [0.29, 0.717) is 0 Å².